The van der Waals surface area contributed by atoms with E-state index in [2.05, 4.69) is 19.5 Å². The van der Waals surface area contributed by atoms with Crippen molar-refractivity contribution in [3.63, 3.8) is 0 Å². The summed E-state index contributed by atoms with van der Waals surface area (Å²) in [6.45, 7) is 1.68. The smallest absolute Gasteiger partial charge is 0.205 e. The van der Waals surface area contributed by atoms with Gasteiger partial charge in [0.05, 0.1) is 12.3 Å². The van der Waals surface area contributed by atoms with Crippen molar-refractivity contribution in [2.45, 2.75) is 44.8 Å². The van der Waals surface area contributed by atoms with Crippen molar-refractivity contribution >= 4 is 16.7 Å². The molecule has 7 heteroatoms. The molecular formula is C13H17N5OS. The lowest BCUT2D eigenvalue weighted by molar-refractivity contribution is 0.275. The van der Waals surface area contributed by atoms with Crippen molar-refractivity contribution in [2.24, 2.45) is 0 Å². The van der Waals surface area contributed by atoms with Gasteiger partial charge in [0.1, 0.15) is 5.82 Å². The standard InChI is InChI=1S/C13H17N5OS/c19-7-11-9-6-18(5-4-10(9)15-16-11)13-14-12(17-20-13)8-2-1-3-8/h8,19H,1-7H2,(H,15,16). The maximum Gasteiger partial charge on any atom is 0.205 e. The molecule has 0 bridgehead atoms. The van der Waals surface area contributed by atoms with E-state index in [1.165, 1.54) is 30.8 Å². The van der Waals surface area contributed by atoms with E-state index in [1.54, 1.807) is 0 Å². The number of anilines is 1. The summed E-state index contributed by atoms with van der Waals surface area (Å²) in [4.78, 5) is 6.96. The van der Waals surface area contributed by atoms with Gasteiger partial charge in [-0.15, -0.1) is 0 Å². The zero-order chi connectivity index (χ0) is 13.5. The topological polar surface area (TPSA) is 77.9 Å². The number of nitrogens with zero attached hydrogens (tertiary/aromatic N) is 4. The van der Waals surface area contributed by atoms with E-state index in [4.69, 9.17) is 4.98 Å². The molecule has 0 aromatic carbocycles. The van der Waals surface area contributed by atoms with Crippen LogP contribution in [0.2, 0.25) is 0 Å². The summed E-state index contributed by atoms with van der Waals surface area (Å²) in [5.41, 5.74) is 3.03. The van der Waals surface area contributed by atoms with Gasteiger partial charge in [-0.1, -0.05) is 6.42 Å². The molecule has 0 amide bonds. The second kappa shape index (κ2) is 4.82. The van der Waals surface area contributed by atoms with Crippen molar-refractivity contribution in [1.82, 2.24) is 19.6 Å². The monoisotopic (exact) mass is 291 g/mol. The zero-order valence-corrected chi connectivity index (χ0v) is 12.0. The summed E-state index contributed by atoms with van der Waals surface area (Å²) in [6, 6.07) is 0. The summed E-state index contributed by atoms with van der Waals surface area (Å²) >= 11 is 1.50. The number of aromatic nitrogens is 4. The molecule has 1 aliphatic carbocycles. The molecule has 4 rings (SSSR count). The molecule has 0 atom stereocenters. The molecule has 1 aliphatic heterocycles. The molecule has 3 heterocycles. The van der Waals surface area contributed by atoms with Crippen LogP contribution >= 0.6 is 11.5 Å². The molecule has 1 saturated carbocycles. The fraction of sp³-hybridized carbons (Fsp3) is 0.615. The van der Waals surface area contributed by atoms with Crippen LogP contribution in [0.1, 0.15) is 48.0 Å². The highest BCUT2D eigenvalue weighted by atomic mass is 32.1. The van der Waals surface area contributed by atoms with Crippen molar-refractivity contribution in [3.05, 3.63) is 22.8 Å². The minimum atomic E-state index is -0.0108. The van der Waals surface area contributed by atoms with Crippen LogP contribution in [0.3, 0.4) is 0 Å². The highest BCUT2D eigenvalue weighted by molar-refractivity contribution is 7.09. The molecule has 1 fully saturated rings. The van der Waals surface area contributed by atoms with Crippen molar-refractivity contribution in [3.8, 4) is 0 Å². The Hall–Kier alpha value is -1.47. The molecular weight excluding hydrogens is 274 g/mol. The van der Waals surface area contributed by atoms with Crippen LogP contribution in [0.25, 0.3) is 0 Å². The minimum Gasteiger partial charge on any atom is -0.390 e. The second-order valence-corrected chi connectivity index (χ2v) is 6.25. The Bertz CT molecular complexity index is 605. The number of aromatic amines is 1. The Morgan fingerprint density at radius 3 is 3.05 bits per heavy atom. The van der Waals surface area contributed by atoms with Crippen molar-refractivity contribution < 1.29 is 5.11 Å². The normalized spacial score (nSPS) is 18.9. The Kier molecular flexibility index (Phi) is 2.96. The molecule has 0 radical (unpaired) electrons. The van der Waals surface area contributed by atoms with Crippen LogP contribution in [0, 0.1) is 0 Å². The van der Waals surface area contributed by atoms with Gasteiger partial charge < -0.3 is 10.0 Å². The maximum absolute atomic E-state index is 9.33. The lowest BCUT2D eigenvalue weighted by atomic mass is 9.85. The van der Waals surface area contributed by atoms with Gasteiger partial charge >= 0.3 is 0 Å². The average molecular weight is 291 g/mol. The zero-order valence-electron chi connectivity index (χ0n) is 11.2. The Balaban J connectivity index is 1.56. The first-order chi connectivity index (χ1) is 9.85. The third-order valence-electron chi connectivity index (χ3n) is 4.34. The van der Waals surface area contributed by atoms with Gasteiger partial charge in [-0.25, -0.2) is 4.98 Å². The Morgan fingerprint density at radius 2 is 2.30 bits per heavy atom. The van der Waals surface area contributed by atoms with Crippen molar-refractivity contribution in [2.75, 3.05) is 11.4 Å². The quantitative estimate of drug-likeness (QED) is 0.898. The molecule has 0 saturated heterocycles. The highest BCUT2D eigenvalue weighted by Gasteiger charge is 2.27. The lowest BCUT2D eigenvalue weighted by Gasteiger charge is -2.26. The second-order valence-electron chi connectivity index (χ2n) is 5.52. The number of nitrogens with one attached hydrogen (secondary N) is 1. The number of H-pyrrole nitrogens is 1. The SMILES string of the molecule is OCc1n[nH]c2c1CN(c1nc(C3CCC3)ns1)CC2. The van der Waals surface area contributed by atoms with Gasteiger partial charge in [-0.2, -0.15) is 9.47 Å². The fourth-order valence-corrected chi connectivity index (χ4v) is 3.61. The molecule has 2 N–H and O–H groups in total. The largest absolute Gasteiger partial charge is 0.390 e. The molecule has 2 aliphatic rings. The number of hydrogen-bond donors (Lipinski definition) is 2. The Labute approximate surface area is 121 Å². The van der Waals surface area contributed by atoms with Crippen LogP contribution in [-0.2, 0) is 19.6 Å². The maximum atomic E-state index is 9.33. The fourth-order valence-electron chi connectivity index (χ4n) is 2.84. The summed E-state index contributed by atoms with van der Waals surface area (Å²) in [6.07, 6.45) is 4.69. The minimum absolute atomic E-state index is 0.0108. The van der Waals surface area contributed by atoms with E-state index in [9.17, 15) is 5.11 Å². The van der Waals surface area contributed by atoms with Crippen molar-refractivity contribution in [1.29, 1.82) is 0 Å². The summed E-state index contributed by atoms with van der Waals surface area (Å²) in [5, 5.41) is 17.5. The van der Waals surface area contributed by atoms with Gasteiger partial charge in [-0.05, 0) is 12.8 Å². The van der Waals surface area contributed by atoms with Crippen LogP contribution in [0.5, 0.6) is 0 Å². The van der Waals surface area contributed by atoms with Crippen LogP contribution in [0.4, 0.5) is 5.13 Å². The third-order valence-corrected chi connectivity index (χ3v) is 5.13. The first kappa shape index (κ1) is 12.3. The first-order valence-corrected chi connectivity index (χ1v) is 7.87. The summed E-state index contributed by atoms with van der Waals surface area (Å²) in [5.74, 6) is 1.61. The molecule has 0 spiro atoms. The van der Waals surface area contributed by atoms with E-state index in [0.29, 0.717) is 5.92 Å². The van der Waals surface area contributed by atoms with E-state index in [-0.39, 0.29) is 6.61 Å². The third kappa shape index (κ3) is 1.92. The predicted molar refractivity (Wildman–Crippen MR) is 75.8 cm³/mol. The summed E-state index contributed by atoms with van der Waals surface area (Å²) in [7, 11) is 0. The van der Waals surface area contributed by atoms with Gasteiger partial charge in [0.2, 0.25) is 5.13 Å². The van der Waals surface area contributed by atoms with Crippen LogP contribution < -0.4 is 4.90 Å². The molecule has 20 heavy (non-hydrogen) atoms. The number of rotatable bonds is 3. The molecule has 6 nitrogen and oxygen atoms in total. The van der Waals surface area contributed by atoms with E-state index >= 15 is 0 Å². The highest BCUT2D eigenvalue weighted by Crippen LogP contribution is 2.37. The van der Waals surface area contributed by atoms with Gasteiger partial charge in [0.25, 0.3) is 0 Å². The average Bonchev–Trinajstić information content (AvgIpc) is 3.02. The molecule has 2 aromatic rings. The lowest BCUT2D eigenvalue weighted by Crippen LogP contribution is -2.30. The molecule has 2 aromatic heterocycles. The van der Waals surface area contributed by atoms with E-state index in [0.717, 1.165) is 47.4 Å². The summed E-state index contributed by atoms with van der Waals surface area (Å²) < 4.78 is 4.52. The van der Waals surface area contributed by atoms with E-state index < -0.39 is 0 Å². The number of hydrogen-bond acceptors (Lipinski definition) is 6. The number of aliphatic hydroxyl groups excluding tert-OH is 1. The molecule has 0 unspecified atom stereocenters. The number of fused-ring (bicyclic) bond motifs is 1. The molecule has 106 valence electrons. The van der Waals surface area contributed by atoms with Gasteiger partial charge in [0, 0.05) is 48.2 Å². The first-order valence-electron chi connectivity index (χ1n) is 7.09. The van der Waals surface area contributed by atoms with Gasteiger partial charge in [-0.3, -0.25) is 5.10 Å². The predicted octanol–water partition coefficient (Wildman–Crippen LogP) is 1.58. The van der Waals surface area contributed by atoms with Gasteiger partial charge in [0.15, 0.2) is 0 Å². The number of aliphatic hydroxyl groups is 1. The van der Waals surface area contributed by atoms with Crippen LogP contribution in [-0.4, -0.2) is 31.2 Å². The van der Waals surface area contributed by atoms with E-state index in [1.807, 2.05) is 0 Å². The Morgan fingerprint density at radius 1 is 1.40 bits per heavy atom. The van der Waals surface area contributed by atoms with Crippen LogP contribution in [0.15, 0.2) is 0 Å².